The molecule has 0 radical (unpaired) electrons. The van der Waals surface area contributed by atoms with Crippen LogP contribution in [-0.2, 0) is 21.4 Å². The summed E-state index contributed by atoms with van der Waals surface area (Å²) in [5, 5.41) is 9.74. The molecule has 0 bridgehead atoms. The van der Waals surface area contributed by atoms with Gasteiger partial charge in [0.05, 0.1) is 10.8 Å². The van der Waals surface area contributed by atoms with Crippen LogP contribution >= 0.6 is 11.6 Å². The summed E-state index contributed by atoms with van der Waals surface area (Å²) in [7, 11) is -3.84. The third-order valence-electron chi connectivity index (χ3n) is 5.38. The Morgan fingerprint density at radius 2 is 1.62 bits per heavy atom. The molecule has 2 aromatic carbocycles. The van der Waals surface area contributed by atoms with Gasteiger partial charge in [0, 0.05) is 18.1 Å². The lowest BCUT2D eigenvalue weighted by atomic mass is 9.82. The molecule has 8 heteroatoms. The van der Waals surface area contributed by atoms with Crippen LogP contribution in [0.3, 0.4) is 0 Å². The number of rotatable bonds is 7. The van der Waals surface area contributed by atoms with Gasteiger partial charge >= 0.3 is 5.97 Å². The minimum absolute atomic E-state index is 0.0343. The molecule has 0 aliphatic heterocycles. The van der Waals surface area contributed by atoms with Crippen molar-refractivity contribution in [2.75, 3.05) is 6.54 Å². The van der Waals surface area contributed by atoms with Gasteiger partial charge in [-0.05, 0) is 73.6 Å². The number of benzene rings is 2. The fraction of sp³-hybridized carbons (Fsp3) is 0.381. The molecule has 0 saturated heterocycles. The highest BCUT2D eigenvalue weighted by Gasteiger charge is 2.31. The molecule has 0 unspecified atom stereocenters. The van der Waals surface area contributed by atoms with Crippen molar-refractivity contribution in [2.24, 2.45) is 11.8 Å². The maximum atomic E-state index is 13.3. The highest BCUT2D eigenvalue weighted by molar-refractivity contribution is 7.89. The van der Waals surface area contributed by atoms with Gasteiger partial charge in [-0.25, -0.2) is 12.8 Å². The van der Waals surface area contributed by atoms with Crippen molar-refractivity contribution in [1.29, 1.82) is 0 Å². The van der Waals surface area contributed by atoms with Gasteiger partial charge in [-0.1, -0.05) is 23.7 Å². The van der Waals surface area contributed by atoms with Gasteiger partial charge in [0.15, 0.2) is 0 Å². The molecule has 1 saturated carbocycles. The van der Waals surface area contributed by atoms with E-state index in [1.165, 1.54) is 16.4 Å². The second-order valence-corrected chi connectivity index (χ2v) is 9.81. The van der Waals surface area contributed by atoms with Crippen molar-refractivity contribution >= 4 is 27.6 Å². The molecule has 0 amide bonds. The third kappa shape index (κ3) is 5.56. The fourth-order valence-electron chi connectivity index (χ4n) is 3.68. The van der Waals surface area contributed by atoms with E-state index < -0.39 is 21.8 Å². The predicted octanol–water partition coefficient (Wildman–Crippen LogP) is 4.56. The second kappa shape index (κ2) is 9.24. The highest BCUT2D eigenvalue weighted by Crippen LogP contribution is 2.31. The molecule has 2 aromatic rings. The van der Waals surface area contributed by atoms with E-state index in [2.05, 4.69) is 0 Å². The monoisotopic (exact) mass is 439 g/mol. The molecular formula is C21H23ClFNO4S. The van der Waals surface area contributed by atoms with Gasteiger partial charge in [-0.2, -0.15) is 4.31 Å². The van der Waals surface area contributed by atoms with E-state index in [1.807, 2.05) is 0 Å². The SMILES string of the molecule is O=C(O)C1CCC(CN(Cc2ccc(Cl)cc2)S(=O)(=O)c2ccc(F)cc2)CC1. The van der Waals surface area contributed by atoms with Crippen LogP contribution in [0.5, 0.6) is 0 Å². The minimum Gasteiger partial charge on any atom is -0.481 e. The summed E-state index contributed by atoms with van der Waals surface area (Å²) >= 11 is 5.93. The molecule has 0 atom stereocenters. The summed E-state index contributed by atoms with van der Waals surface area (Å²) in [5.41, 5.74) is 0.791. The lowest BCUT2D eigenvalue weighted by Gasteiger charge is -2.31. The van der Waals surface area contributed by atoms with E-state index >= 15 is 0 Å². The number of aliphatic carboxylic acids is 1. The van der Waals surface area contributed by atoms with Crippen LogP contribution in [0.1, 0.15) is 31.2 Å². The first-order chi connectivity index (χ1) is 13.8. The molecule has 0 aromatic heterocycles. The summed E-state index contributed by atoms with van der Waals surface area (Å²) in [6, 6.07) is 11.8. The average molecular weight is 440 g/mol. The first kappa shape index (κ1) is 21.7. The zero-order valence-corrected chi connectivity index (χ0v) is 17.4. The van der Waals surface area contributed by atoms with Crippen molar-refractivity contribution in [3.05, 3.63) is 64.9 Å². The second-order valence-electron chi connectivity index (χ2n) is 7.43. The molecule has 3 rings (SSSR count). The number of carboxylic acid groups (broad SMARTS) is 1. The van der Waals surface area contributed by atoms with Crippen LogP contribution < -0.4 is 0 Å². The standard InChI is InChI=1S/C21H23ClFNO4S/c22-18-7-3-16(4-8-18)14-24(13-15-1-5-17(6-2-15)21(25)26)29(27,28)20-11-9-19(23)10-12-20/h3-4,7-12,15,17H,1-2,5-6,13-14H2,(H,25,26). The van der Waals surface area contributed by atoms with Gasteiger partial charge in [-0.3, -0.25) is 4.79 Å². The van der Waals surface area contributed by atoms with Crippen LogP contribution in [0.2, 0.25) is 5.02 Å². The number of carboxylic acids is 1. The van der Waals surface area contributed by atoms with Crippen molar-refractivity contribution in [2.45, 2.75) is 37.1 Å². The van der Waals surface area contributed by atoms with Gasteiger partial charge < -0.3 is 5.11 Å². The van der Waals surface area contributed by atoms with Crippen LogP contribution in [0.4, 0.5) is 4.39 Å². The molecule has 1 N–H and O–H groups in total. The van der Waals surface area contributed by atoms with Gasteiger partial charge in [-0.15, -0.1) is 0 Å². The van der Waals surface area contributed by atoms with E-state index in [4.69, 9.17) is 11.6 Å². The summed E-state index contributed by atoms with van der Waals surface area (Å²) in [5.74, 6) is -1.57. The van der Waals surface area contributed by atoms with E-state index in [9.17, 15) is 22.7 Å². The van der Waals surface area contributed by atoms with E-state index in [-0.39, 0.29) is 29.8 Å². The van der Waals surface area contributed by atoms with Crippen molar-refractivity contribution in [3.8, 4) is 0 Å². The lowest BCUT2D eigenvalue weighted by Crippen LogP contribution is -2.36. The number of hydrogen-bond acceptors (Lipinski definition) is 3. The molecule has 1 aliphatic carbocycles. The van der Waals surface area contributed by atoms with Gasteiger partial charge in [0.25, 0.3) is 0 Å². The Balaban J connectivity index is 1.82. The van der Waals surface area contributed by atoms with E-state index in [1.54, 1.807) is 24.3 Å². The minimum atomic E-state index is -3.84. The Morgan fingerprint density at radius 3 is 2.17 bits per heavy atom. The summed E-state index contributed by atoms with van der Waals surface area (Å²) in [6.07, 6.45) is 2.41. The third-order valence-corrected chi connectivity index (χ3v) is 7.46. The molecular weight excluding hydrogens is 417 g/mol. The highest BCUT2D eigenvalue weighted by atomic mass is 35.5. The number of sulfonamides is 1. The number of carbonyl (C=O) groups is 1. The molecule has 0 spiro atoms. The maximum absolute atomic E-state index is 13.3. The lowest BCUT2D eigenvalue weighted by molar-refractivity contribution is -0.143. The largest absolute Gasteiger partial charge is 0.481 e. The van der Waals surface area contributed by atoms with Crippen LogP contribution in [-0.4, -0.2) is 30.3 Å². The normalized spacial score (nSPS) is 20.0. The first-order valence-corrected chi connectivity index (χ1v) is 11.3. The van der Waals surface area contributed by atoms with Crippen LogP contribution in [0.25, 0.3) is 0 Å². The summed E-state index contributed by atoms with van der Waals surface area (Å²) in [4.78, 5) is 11.2. The Labute approximate surface area is 175 Å². The number of hydrogen-bond donors (Lipinski definition) is 1. The average Bonchev–Trinajstić information content (AvgIpc) is 2.70. The molecule has 1 fully saturated rings. The Morgan fingerprint density at radius 1 is 1.03 bits per heavy atom. The number of halogens is 2. The van der Waals surface area contributed by atoms with E-state index in [0.717, 1.165) is 17.7 Å². The Bertz CT molecular complexity index is 940. The zero-order chi connectivity index (χ0) is 21.0. The van der Waals surface area contributed by atoms with Gasteiger partial charge in [0.1, 0.15) is 5.82 Å². The first-order valence-electron chi connectivity index (χ1n) is 9.48. The fourth-order valence-corrected chi connectivity index (χ4v) is 5.31. The quantitative estimate of drug-likeness (QED) is 0.686. The Kier molecular flexibility index (Phi) is 6.93. The number of nitrogens with zero attached hydrogens (tertiary/aromatic N) is 1. The maximum Gasteiger partial charge on any atom is 0.306 e. The molecule has 0 heterocycles. The summed E-state index contributed by atoms with van der Waals surface area (Å²) < 4.78 is 41.2. The zero-order valence-electron chi connectivity index (χ0n) is 15.8. The molecule has 29 heavy (non-hydrogen) atoms. The smallest absolute Gasteiger partial charge is 0.306 e. The van der Waals surface area contributed by atoms with E-state index in [0.29, 0.717) is 30.7 Å². The molecule has 5 nitrogen and oxygen atoms in total. The summed E-state index contributed by atoms with van der Waals surface area (Å²) in [6.45, 7) is 0.449. The predicted molar refractivity (Wildman–Crippen MR) is 109 cm³/mol. The Hall–Kier alpha value is -1.96. The molecule has 156 valence electrons. The van der Waals surface area contributed by atoms with Crippen molar-refractivity contribution in [3.63, 3.8) is 0 Å². The van der Waals surface area contributed by atoms with Crippen molar-refractivity contribution in [1.82, 2.24) is 4.31 Å². The van der Waals surface area contributed by atoms with Crippen LogP contribution in [0, 0.1) is 17.7 Å². The topological polar surface area (TPSA) is 74.7 Å². The van der Waals surface area contributed by atoms with Gasteiger partial charge in [0.2, 0.25) is 10.0 Å². The van der Waals surface area contributed by atoms with Crippen molar-refractivity contribution < 1.29 is 22.7 Å². The van der Waals surface area contributed by atoms with Crippen LogP contribution in [0.15, 0.2) is 53.4 Å². The molecule has 1 aliphatic rings.